The number of ether oxygens (including phenoxy) is 3. The van der Waals surface area contributed by atoms with Crippen molar-refractivity contribution < 1.29 is 37.3 Å². The molecule has 0 saturated carbocycles. The predicted molar refractivity (Wildman–Crippen MR) is 123 cm³/mol. The number of aliphatic hydroxyl groups excluding tert-OH is 1. The van der Waals surface area contributed by atoms with Gasteiger partial charge < -0.3 is 24.6 Å². The van der Waals surface area contributed by atoms with Crippen LogP contribution in [0, 0.1) is 0 Å². The molecule has 0 fully saturated rings. The summed E-state index contributed by atoms with van der Waals surface area (Å²) in [5, 5.41) is 12.1. The second-order valence-electron chi connectivity index (χ2n) is 7.68. The Hall–Kier alpha value is -3.56. The van der Waals surface area contributed by atoms with E-state index in [1.807, 2.05) is 54.6 Å². The zero-order valence-corrected chi connectivity index (χ0v) is 19.2. The van der Waals surface area contributed by atoms with Crippen LogP contribution in [0.2, 0.25) is 0 Å². The Labute approximate surface area is 201 Å². The van der Waals surface area contributed by atoms with Gasteiger partial charge in [-0.1, -0.05) is 54.6 Å². The molecular weight excluding hydrogens is 463 g/mol. The molecule has 9 heteroatoms. The number of benzene rings is 3. The topological polar surface area (TPSA) is 77.0 Å². The van der Waals surface area contributed by atoms with E-state index >= 15 is 0 Å². The number of hydrogen-bond donors (Lipinski definition) is 2. The van der Waals surface area contributed by atoms with Crippen LogP contribution >= 0.6 is 0 Å². The Morgan fingerprint density at radius 3 is 1.71 bits per heavy atom. The molecule has 0 heterocycles. The number of methoxy groups -OCH3 is 2. The fraction of sp³-hybridized carbons (Fsp3) is 0.269. The lowest BCUT2D eigenvalue weighted by molar-refractivity contribution is -0.174. The van der Waals surface area contributed by atoms with Crippen molar-refractivity contribution in [1.29, 1.82) is 0 Å². The first-order valence-corrected chi connectivity index (χ1v) is 10.7. The lowest BCUT2D eigenvalue weighted by atomic mass is 9.80. The summed E-state index contributed by atoms with van der Waals surface area (Å²) in [4.78, 5) is 11.1. The highest BCUT2D eigenvalue weighted by molar-refractivity contribution is 5.81. The fourth-order valence-electron chi connectivity index (χ4n) is 3.67. The van der Waals surface area contributed by atoms with E-state index in [2.05, 4.69) is 0 Å². The first kappa shape index (κ1) is 26.1. The van der Waals surface area contributed by atoms with E-state index in [0.29, 0.717) is 22.6 Å². The SMILES string of the molecule is COc1ccc(C(OC[C@H](O)CNC(=O)C(F)(F)F)(c2ccccc2)c2ccc(OC)cc2)cc1. The predicted octanol–water partition coefficient (Wildman–Crippen LogP) is 4.05. The van der Waals surface area contributed by atoms with E-state index < -0.39 is 30.3 Å². The Bertz CT molecular complexity index is 1040. The van der Waals surface area contributed by atoms with Crippen molar-refractivity contribution in [3.63, 3.8) is 0 Å². The number of carbonyl (C=O) groups is 1. The molecule has 0 aliphatic carbocycles. The number of rotatable bonds is 10. The molecular formula is C26H26F3NO5. The number of alkyl halides is 3. The Kier molecular flexibility index (Phi) is 8.37. The third kappa shape index (κ3) is 6.12. The maximum Gasteiger partial charge on any atom is 0.471 e. The van der Waals surface area contributed by atoms with Gasteiger partial charge in [0.05, 0.1) is 26.9 Å². The van der Waals surface area contributed by atoms with Crippen molar-refractivity contribution in [3.8, 4) is 11.5 Å². The average Bonchev–Trinajstić information content (AvgIpc) is 2.88. The van der Waals surface area contributed by atoms with E-state index in [9.17, 15) is 23.1 Å². The van der Waals surface area contributed by atoms with Gasteiger partial charge in [-0.2, -0.15) is 13.2 Å². The van der Waals surface area contributed by atoms with Crippen molar-refractivity contribution >= 4 is 5.91 Å². The molecule has 1 amide bonds. The van der Waals surface area contributed by atoms with Crippen molar-refractivity contribution in [2.24, 2.45) is 0 Å². The molecule has 35 heavy (non-hydrogen) atoms. The molecule has 0 aromatic heterocycles. The number of hydrogen-bond acceptors (Lipinski definition) is 5. The Morgan fingerprint density at radius 1 is 0.829 bits per heavy atom. The lowest BCUT2D eigenvalue weighted by Crippen LogP contribution is -2.43. The summed E-state index contributed by atoms with van der Waals surface area (Å²) in [6.07, 6.45) is -6.44. The van der Waals surface area contributed by atoms with Crippen LogP contribution in [0.4, 0.5) is 13.2 Å². The molecule has 186 valence electrons. The first-order chi connectivity index (χ1) is 16.7. The van der Waals surface area contributed by atoms with Gasteiger partial charge in [0.25, 0.3) is 0 Å². The van der Waals surface area contributed by atoms with E-state index in [0.717, 1.165) is 5.56 Å². The second-order valence-corrected chi connectivity index (χ2v) is 7.68. The van der Waals surface area contributed by atoms with Crippen LogP contribution < -0.4 is 14.8 Å². The maximum absolute atomic E-state index is 12.5. The van der Waals surface area contributed by atoms with Gasteiger partial charge in [0.2, 0.25) is 0 Å². The van der Waals surface area contributed by atoms with Crippen LogP contribution in [-0.2, 0) is 15.1 Å². The summed E-state index contributed by atoms with van der Waals surface area (Å²) < 4.78 is 54.4. The molecule has 0 saturated heterocycles. The van der Waals surface area contributed by atoms with Gasteiger partial charge >= 0.3 is 12.1 Å². The van der Waals surface area contributed by atoms with Crippen LogP contribution in [0.15, 0.2) is 78.9 Å². The summed E-state index contributed by atoms with van der Waals surface area (Å²) >= 11 is 0. The van der Waals surface area contributed by atoms with Crippen molar-refractivity contribution in [2.75, 3.05) is 27.4 Å². The summed E-state index contributed by atoms with van der Waals surface area (Å²) in [6.45, 7) is -1.00. The van der Waals surface area contributed by atoms with Gasteiger partial charge in [-0.05, 0) is 41.0 Å². The number of aliphatic hydroxyl groups is 1. The quantitative estimate of drug-likeness (QED) is 0.420. The van der Waals surface area contributed by atoms with Gasteiger partial charge in [-0.25, -0.2) is 0 Å². The summed E-state index contributed by atoms with van der Waals surface area (Å²) in [5.41, 5.74) is 0.874. The highest BCUT2D eigenvalue weighted by Crippen LogP contribution is 2.41. The zero-order valence-electron chi connectivity index (χ0n) is 19.2. The van der Waals surface area contributed by atoms with Gasteiger partial charge in [0.1, 0.15) is 17.1 Å². The third-order valence-corrected chi connectivity index (χ3v) is 5.42. The molecule has 0 aliphatic heterocycles. The van der Waals surface area contributed by atoms with Crippen LogP contribution in [-0.4, -0.2) is 50.7 Å². The molecule has 6 nitrogen and oxygen atoms in total. The highest BCUT2D eigenvalue weighted by Gasteiger charge is 2.40. The van der Waals surface area contributed by atoms with Crippen molar-refractivity contribution in [2.45, 2.75) is 17.9 Å². The number of carbonyl (C=O) groups excluding carboxylic acids is 1. The largest absolute Gasteiger partial charge is 0.497 e. The molecule has 3 aromatic rings. The molecule has 1 atom stereocenters. The summed E-state index contributed by atoms with van der Waals surface area (Å²) in [7, 11) is 3.09. The smallest absolute Gasteiger partial charge is 0.471 e. The van der Waals surface area contributed by atoms with Crippen LogP contribution in [0.5, 0.6) is 11.5 Å². The summed E-state index contributed by atoms with van der Waals surface area (Å²) in [5.74, 6) is -0.878. The van der Waals surface area contributed by atoms with Crippen molar-refractivity contribution in [3.05, 3.63) is 95.6 Å². The normalized spacial score (nSPS) is 12.6. The molecule has 0 spiro atoms. The molecule has 0 aliphatic rings. The zero-order chi connectivity index (χ0) is 25.5. The second kappa shape index (κ2) is 11.2. The standard InChI is InChI=1S/C26H26F3NO5/c1-33-22-12-8-19(9-13-22)25(18-6-4-3-5-7-18,20-10-14-23(34-2)15-11-20)35-17-21(31)16-30-24(32)26(27,28)29/h3-15,21,31H,16-17H2,1-2H3,(H,30,32)/t21-/m1/s1. The minimum absolute atomic E-state index is 0.370. The van der Waals surface area contributed by atoms with Gasteiger partial charge in [-0.3, -0.25) is 4.79 Å². The molecule has 3 rings (SSSR count). The van der Waals surface area contributed by atoms with E-state index in [1.54, 1.807) is 43.8 Å². The van der Waals surface area contributed by atoms with E-state index in [4.69, 9.17) is 14.2 Å². The number of halogens is 3. The third-order valence-electron chi connectivity index (χ3n) is 5.42. The van der Waals surface area contributed by atoms with Gasteiger partial charge in [0, 0.05) is 6.54 Å². The van der Waals surface area contributed by atoms with Gasteiger partial charge in [0.15, 0.2) is 0 Å². The highest BCUT2D eigenvalue weighted by atomic mass is 19.4. The molecule has 3 aromatic carbocycles. The van der Waals surface area contributed by atoms with Gasteiger partial charge in [-0.15, -0.1) is 0 Å². The Balaban J connectivity index is 2.02. The molecule has 0 bridgehead atoms. The first-order valence-electron chi connectivity index (χ1n) is 10.7. The molecule has 0 radical (unpaired) electrons. The average molecular weight is 489 g/mol. The fourth-order valence-corrected chi connectivity index (χ4v) is 3.67. The lowest BCUT2D eigenvalue weighted by Gasteiger charge is -2.36. The Morgan fingerprint density at radius 2 is 1.29 bits per heavy atom. The minimum atomic E-state index is -5.04. The number of amides is 1. The minimum Gasteiger partial charge on any atom is -0.497 e. The summed E-state index contributed by atoms with van der Waals surface area (Å²) in [6, 6.07) is 23.5. The molecule has 0 unspecified atom stereocenters. The molecule has 2 N–H and O–H groups in total. The monoisotopic (exact) mass is 489 g/mol. The van der Waals surface area contributed by atoms with Crippen LogP contribution in [0.25, 0.3) is 0 Å². The number of nitrogens with one attached hydrogen (secondary N) is 1. The maximum atomic E-state index is 12.5. The van der Waals surface area contributed by atoms with E-state index in [-0.39, 0.29) is 6.61 Å². The van der Waals surface area contributed by atoms with E-state index in [1.165, 1.54) is 0 Å². The van der Waals surface area contributed by atoms with Crippen molar-refractivity contribution in [1.82, 2.24) is 5.32 Å². The van der Waals surface area contributed by atoms with Crippen LogP contribution in [0.3, 0.4) is 0 Å². The van der Waals surface area contributed by atoms with Crippen LogP contribution in [0.1, 0.15) is 16.7 Å².